The van der Waals surface area contributed by atoms with Crippen LogP contribution in [0.15, 0.2) is 325 Å². The van der Waals surface area contributed by atoms with Gasteiger partial charge in [0.25, 0.3) is 0 Å². The fourth-order valence-corrected chi connectivity index (χ4v) is 20.5. The summed E-state index contributed by atoms with van der Waals surface area (Å²) < 4.78 is 28.5. The van der Waals surface area contributed by atoms with Crippen molar-refractivity contribution in [2.45, 2.75) is 164 Å². The third-order valence-corrected chi connectivity index (χ3v) is 27.0. The summed E-state index contributed by atoms with van der Waals surface area (Å²) in [5.74, 6) is 0.798. The fraction of sp³-hybridized carbons (Fsp3) is 0.242. The van der Waals surface area contributed by atoms with Crippen LogP contribution in [0.1, 0.15) is 240 Å². The molecule has 0 bridgehead atoms. The van der Waals surface area contributed by atoms with E-state index in [9.17, 15) is 33.9 Å². The van der Waals surface area contributed by atoms with Gasteiger partial charge in [0.05, 0.1) is 32.7 Å². The largest absolute Gasteiger partial charge is 0.507 e. The summed E-state index contributed by atoms with van der Waals surface area (Å²) in [4.78, 5) is 68.2. The Balaban J connectivity index is 0.000000153. The van der Waals surface area contributed by atoms with E-state index in [1.807, 2.05) is 156 Å². The summed E-state index contributed by atoms with van der Waals surface area (Å²) >= 11 is 0. The summed E-state index contributed by atoms with van der Waals surface area (Å²) in [6, 6.07) is 97.5. The summed E-state index contributed by atoms with van der Waals surface area (Å²) in [5.41, 5.74) is 59.0. The molecule has 0 aliphatic heterocycles. The van der Waals surface area contributed by atoms with Crippen LogP contribution in [-0.2, 0) is 54.5 Å². The fourth-order valence-electron chi connectivity index (χ4n) is 20.5. The molecule has 0 radical (unpaired) electrons. The van der Waals surface area contributed by atoms with Crippen LogP contribution in [0.3, 0.4) is 0 Å². The minimum absolute atomic E-state index is 0. The normalized spacial score (nSPS) is 15.8. The molecule has 6 aliphatic carbocycles. The highest BCUT2D eigenvalue weighted by Crippen LogP contribution is 2.55. The van der Waals surface area contributed by atoms with Crippen LogP contribution < -0.4 is 46.6 Å². The Morgan fingerprint density at radius 1 is 0.310 bits per heavy atom. The average molecular weight is 1900 g/mol. The Kier molecular flexibility index (Phi) is 35.8. The lowest BCUT2D eigenvalue weighted by Crippen LogP contribution is -2.16. The molecule has 0 fully saturated rings. The van der Waals surface area contributed by atoms with Gasteiger partial charge >= 0.3 is 11.9 Å². The summed E-state index contributed by atoms with van der Waals surface area (Å²) in [7, 11) is 0. The Labute approximate surface area is 835 Å². The number of nitrogens with two attached hydrogens (primary N) is 4. The molecule has 18 nitrogen and oxygen atoms in total. The summed E-state index contributed by atoms with van der Waals surface area (Å²) in [5, 5.41) is 28.0. The first-order valence-corrected chi connectivity index (χ1v) is 48.7. The first-order chi connectivity index (χ1) is 68.6. The third kappa shape index (κ3) is 24.9. The SMILES string of the molecule is CC1=C(CC(N)=O)c2c(OCC(=O)O)cccc2C1Cc1ccccc1.CC1=C(Cc2ccccc2)c2cccc(OCC(=O)O)c2C1CC(N)=O.CCC1=C(C)/C(=C/c2ccccc2)c2cccc(O)c21.CCOc1cccc2c1C(CC(N)=O)=C(C)C2Cc1ccccc1.CCOc1cccc2c1C(CC(N)=O)C(C)=C2Cc1ccccc1.CCOc1cccc2c1C(CC)=C(C)/C2=C/c1ccccc1.[HH]. The molecule has 730 valence electrons. The van der Waals surface area contributed by atoms with E-state index >= 15 is 0 Å². The predicted molar refractivity (Wildman–Crippen MR) is 574 cm³/mol. The quantitative estimate of drug-likeness (QED) is 0.0206. The molecular weight excluding hydrogens is 1770 g/mol. The zero-order chi connectivity index (χ0) is 101. The van der Waals surface area contributed by atoms with E-state index < -0.39 is 37.0 Å². The number of phenolic OH excluding ortho intramolecular Hbond substituents is 1. The average Bonchev–Trinajstić information content (AvgIpc) is 1.63. The van der Waals surface area contributed by atoms with Crippen molar-refractivity contribution in [3.05, 3.63) is 425 Å². The number of amides is 4. The molecule has 11 N–H and O–H groups in total. The number of benzene rings is 12. The lowest BCUT2D eigenvalue weighted by atomic mass is 9.90. The number of hydrogen-bond donors (Lipinski definition) is 7. The zero-order valence-corrected chi connectivity index (χ0v) is 82.9. The second-order valence-electron chi connectivity index (χ2n) is 36.0. The van der Waals surface area contributed by atoms with Crippen LogP contribution in [0.4, 0.5) is 0 Å². The van der Waals surface area contributed by atoms with E-state index in [1.54, 1.807) is 18.2 Å². The number of carboxylic acid groups (broad SMARTS) is 2. The molecule has 0 saturated carbocycles. The molecule has 12 aromatic carbocycles. The standard InChI is InChI=1S/2C21H21NO4.2C21H23NO2.C21H22O.C19H18O.H2/c2*1-13-16(10-14-6-3-2-4-7-14)15-8-5-9-18(26-12-20(24)25)21(15)17(13)11-19(22)23;2*1-3-24-19-11-7-10-16-17(12-15-8-5-4-6-9-15)14(2)18(21(16)19)13-20(22)23;1-4-17-15(3)19(14-16-10-7-6-8-11-16)18-12-9-13-20(21(17)18)22-5-2;1-3-15-13(2)17(12-14-8-5-4-6-9-14)16-10-7-11-18(20)19(15)16;/h2-9,17H,10-12H2,1H3,(H2,22,23)(H,24,25);2-9,16H,10-12H2,1H3,(H2,22,23)(H,24,25);4-11,18H,3,12-13H2,1-2H3,(H2,22,23);4-11,17H,3,12-13H2,1-2H3,(H2,22,23);6-14H,4-5H2,1-3H3;4-12,20H,3H2,1-2H3;1H/b;;;;19-14-;17-12-;. The van der Waals surface area contributed by atoms with Crippen LogP contribution in [-0.4, -0.2) is 83.9 Å². The molecule has 18 heteroatoms. The predicted octanol–water partition coefficient (Wildman–Crippen LogP) is 25.6. The van der Waals surface area contributed by atoms with Crippen molar-refractivity contribution < 1.29 is 69.2 Å². The number of aromatic hydroxyl groups is 1. The minimum atomic E-state index is -1.04. The van der Waals surface area contributed by atoms with Crippen molar-refractivity contribution >= 4 is 92.3 Å². The van der Waals surface area contributed by atoms with E-state index in [2.05, 4.69) is 205 Å². The molecule has 12 aromatic rings. The van der Waals surface area contributed by atoms with Crippen LogP contribution in [0, 0.1) is 0 Å². The number of carbonyl (C=O) groups is 6. The molecule has 4 amide bonds. The van der Waals surface area contributed by atoms with Crippen LogP contribution in [0.25, 0.3) is 56.7 Å². The highest BCUT2D eigenvalue weighted by molar-refractivity contribution is 6.08. The number of fused-ring (bicyclic) bond motifs is 6. The van der Waals surface area contributed by atoms with Crippen LogP contribution >= 0.6 is 0 Å². The Morgan fingerprint density at radius 2 is 0.613 bits per heavy atom. The van der Waals surface area contributed by atoms with Gasteiger partial charge < -0.3 is 61.9 Å². The lowest BCUT2D eigenvalue weighted by Gasteiger charge is -2.16. The first-order valence-electron chi connectivity index (χ1n) is 48.7. The molecule has 142 heavy (non-hydrogen) atoms. The maximum absolute atomic E-state index is 11.6. The number of primary amides is 4. The van der Waals surface area contributed by atoms with Gasteiger partial charge in [0, 0.05) is 71.3 Å². The molecule has 0 aromatic heterocycles. The molecule has 18 rings (SSSR count). The number of ether oxygens (including phenoxy) is 5. The van der Waals surface area contributed by atoms with E-state index in [0.29, 0.717) is 43.5 Å². The van der Waals surface area contributed by atoms with Gasteiger partial charge in [-0.1, -0.05) is 291 Å². The first kappa shape index (κ1) is 104. The molecule has 4 atom stereocenters. The van der Waals surface area contributed by atoms with Gasteiger partial charge in [-0.15, -0.1) is 0 Å². The van der Waals surface area contributed by atoms with Crippen LogP contribution in [0.2, 0.25) is 0 Å². The molecule has 0 spiro atoms. The summed E-state index contributed by atoms with van der Waals surface area (Å²) in [6.07, 6.45) is 10.6. The number of phenols is 1. The number of carbonyl (C=O) groups excluding carboxylic acids is 4. The highest BCUT2D eigenvalue weighted by Gasteiger charge is 2.38. The van der Waals surface area contributed by atoms with Gasteiger partial charge in [0.15, 0.2) is 13.2 Å². The third-order valence-electron chi connectivity index (χ3n) is 27.0. The number of carboxylic acids is 2. The number of allylic oxidation sites excluding steroid dienone is 12. The maximum atomic E-state index is 11.6. The van der Waals surface area contributed by atoms with Crippen molar-refractivity contribution in [2.24, 2.45) is 22.9 Å². The molecule has 6 aliphatic rings. The smallest absolute Gasteiger partial charge is 0.341 e. The Bertz CT molecular complexity index is 6870. The number of aliphatic carboxylic acids is 2. The van der Waals surface area contributed by atoms with E-state index in [4.69, 9.17) is 56.8 Å². The van der Waals surface area contributed by atoms with Gasteiger partial charge in [-0.05, 0) is 272 Å². The van der Waals surface area contributed by atoms with E-state index in [-0.39, 0.29) is 56.2 Å². The van der Waals surface area contributed by atoms with Gasteiger partial charge in [-0.2, -0.15) is 0 Å². The van der Waals surface area contributed by atoms with Crippen molar-refractivity contribution in [1.82, 2.24) is 0 Å². The minimum Gasteiger partial charge on any atom is -0.507 e. The van der Waals surface area contributed by atoms with Gasteiger partial charge in [0.2, 0.25) is 23.6 Å². The zero-order valence-electron chi connectivity index (χ0n) is 82.9. The Hall–Kier alpha value is -15.8. The number of hydrogen-bond acceptors (Lipinski definition) is 12. The molecular formula is C124H130N4O14. The Morgan fingerprint density at radius 3 is 0.979 bits per heavy atom. The molecule has 0 heterocycles. The topological polar surface area (TPSA) is 313 Å². The lowest BCUT2D eigenvalue weighted by molar-refractivity contribution is -0.140. The maximum Gasteiger partial charge on any atom is 0.341 e. The van der Waals surface area contributed by atoms with Crippen molar-refractivity contribution in [3.8, 4) is 34.5 Å². The molecule has 4 unspecified atom stereocenters. The molecule has 0 saturated heterocycles. The number of rotatable bonds is 32. The van der Waals surface area contributed by atoms with Gasteiger partial charge in [-0.25, -0.2) is 9.59 Å². The van der Waals surface area contributed by atoms with Gasteiger partial charge in [0.1, 0.15) is 34.5 Å². The van der Waals surface area contributed by atoms with Gasteiger partial charge in [-0.3, -0.25) is 19.2 Å². The van der Waals surface area contributed by atoms with Crippen molar-refractivity contribution in [3.63, 3.8) is 0 Å². The van der Waals surface area contributed by atoms with E-state index in [0.717, 1.165) is 128 Å². The van der Waals surface area contributed by atoms with Crippen molar-refractivity contribution in [1.29, 1.82) is 0 Å². The van der Waals surface area contributed by atoms with Crippen LogP contribution in [0.5, 0.6) is 34.5 Å². The highest BCUT2D eigenvalue weighted by atomic mass is 16.5. The van der Waals surface area contributed by atoms with E-state index in [1.165, 1.54) is 106 Å². The summed E-state index contributed by atoms with van der Waals surface area (Å²) in [6.45, 7) is 24.0. The second kappa shape index (κ2) is 49.1. The monoisotopic (exact) mass is 1900 g/mol. The van der Waals surface area contributed by atoms with Crippen molar-refractivity contribution in [2.75, 3.05) is 33.0 Å². The second-order valence-corrected chi connectivity index (χ2v) is 36.0.